The van der Waals surface area contributed by atoms with E-state index in [1.165, 1.54) is 19.2 Å². The average Bonchev–Trinajstić information content (AvgIpc) is 2.58. The maximum absolute atomic E-state index is 12.3. The molecule has 2 rings (SSSR count). The zero-order chi connectivity index (χ0) is 18.5. The van der Waals surface area contributed by atoms with Gasteiger partial charge in [-0.15, -0.1) is 0 Å². The highest BCUT2D eigenvalue weighted by Crippen LogP contribution is 2.30. The van der Waals surface area contributed by atoms with Crippen molar-refractivity contribution in [2.75, 3.05) is 26.9 Å². The van der Waals surface area contributed by atoms with Crippen molar-refractivity contribution >= 4 is 5.91 Å². The number of carbonyl (C=O) groups is 1. The molecule has 1 aromatic carbocycles. The summed E-state index contributed by atoms with van der Waals surface area (Å²) in [5.41, 5.74) is 5.78. The predicted molar refractivity (Wildman–Crippen MR) is 83.4 cm³/mol. The molecule has 1 heterocycles. The second-order valence-electron chi connectivity index (χ2n) is 5.84. The first kappa shape index (κ1) is 19.3. The molecular formula is C16H21F3N2O4. The first-order chi connectivity index (χ1) is 11.7. The van der Waals surface area contributed by atoms with Gasteiger partial charge >= 0.3 is 6.18 Å². The molecule has 6 nitrogen and oxygen atoms in total. The van der Waals surface area contributed by atoms with Crippen LogP contribution in [0, 0.1) is 0 Å². The molecule has 1 saturated heterocycles. The lowest BCUT2D eigenvalue weighted by Crippen LogP contribution is -2.56. The number of halogens is 3. The summed E-state index contributed by atoms with van der Waals surface area (Å²) in [6, 6.07) is 4.44. The molecule has 0 radical (unpaired) electrons. The van der Waals surface area contributed by atoms with Gasteiger partial charge in [0.15, 0.2) is 18.1 Å². The summed E-state index contributed by atoms with van der Waals surface area (Å²) in [5.74, 6) is -0.147. The Morgan fingerprint density at radius 2 is 2.00 bits per heavy atom. The molecule has 0 saturated carbocycles. The summed E-state index contributed by atoms with van der Waals surface area (Å²) < 4.78 is 51.7. The van der Waals surface area contributed by atoms with E-state index < -0.39 is 18.3 Å². The highest BCUT2D eigenvalue weighted by Gasteiger charge is 2.35. The molecule has 9 heteroatoms. The van der Waals surface area contributed by atoms with E-state index in [2.05, 4.69) is 5.32 Å². The molecule has 25 heavy (non-hydrogen) atoms. The molecule has 0 aromatic heterocycles. The van der Waals surface area contributed by atoms with Gasteiger partial charge in [-0.05, 0) is 30.5 Å². The van der Waals surface area contributed by atoms with Crippen molar-refractivity contribution in [2.45, 2.75) is 31.1 Å². The lowest BCUT2D eigenvalue weighted by Gasteiger charge is -2.31. The lowest BCUT2D eigenvalue weighted by atomic mass is 9.90. The molecule has 140 valence electrons. The van der Waals surface area contributed by atoms with E-state index >= 15 is 0 Å². The standard InChI is InChI=1S/C16H21F3N2O4/c1-23-13-8-11(2-3-12(13)25-10-16(17,18)19)9-21-14(22)15(20)4-6-24-7-5-15/h2-3,8H,4-7,9-10,20H2,1H3,(H,21,22). The molecule has 0 atom stereocenters. The molecule has 1 aliphatic heterocycles. The van der Waals surface area contributed by atoms with E-state index in [9.17, 15) is 18.0 Å². The molecule has 0 bridgehead atoms. The van der Waals surface area contributed by atoms with Crippen LogP contribution in [0.4, 0.5) is 13.2 Å². The largest absolute Gasteiger partial charge is 0.493 e. The zero-order valence-corrected chi connectivity index (χ0v) is 13.8. The van der Waals surface area contributed by atoms with Crippen molar-refractivity contribution in [3.63, 3.8) is 0 Å². The highest BCUT2D eigenvalue weighted by atomic mass is 19.4. The fourth-order valence-corrected chi connectivity index (χ4v) is 2.42. The number of ether oxygens (including phenoxy) is 3. The van der Waals surface area contributed by atoms with E-state index in [1.54, 1.807) is 6.07 Å². The minimum absolute atomic E-state index is 0.0189. The number of nitrogens with one attached hydrogen (secondary N) is 1. The van der Waals surface area contributed by atoms with Crippen molar-refractivity contribution in [2.24, 2.45) is 5.73 Å². The zero-order valence-electron chi connectivity index (χ0n) is 13.8. The van der Waals surface area contributed by atoms with Gasteiger partial charge in [0.1, 0.15) is 0 Å². The maximum atomic E-state index is 12.3. The summed E-state index contributed by atoms with van der Waals surface area (Å²) in [6.07, 6.45) is -3.56. The van der Waals surface area contributed by atoms with Crippen LogP contribution in [0.3, 0.4) is 0 Å². The number of benzene rings is 1. The number of hydrogen-bond donors (Lipinski definition) is 2. The van der Waals surface area contributed by atoms with E-state index in [1.807, 2.05) is 0 Å². The first-order valence-corrected chi connectivity index (χ1v) is 7.75. The monoisotopic (exact) mass is 362 g/mol. The Hall–Kier alpha value is -2.00. The Morgan fingerprint density at radius 1 is 1.32 bits per heavy atom. The van der Waals surface area contributed by atoms with Crippen molar-refractivity contribution < 1.29 is 32.2 Å². The van der Waals surface area contributed by atoms with Gasteiger partial charge in [-0.3, -0.25) is 4.79 Å². The second-order valence-corrected chi connectivity index (χ2v) is 5.84. The Bertz CT molecular complexity index is 602. The number of rotatable bonds is 6. The van der Waals surface area contributed by atoms with E-state index in [0.29, 0.717) is 31.6 Å². The summed E-state index contributed by atoms with van der Waals surface area (Å²) in [6.45, 7) is -0.363. The lowest BCUT2D eigenvalue weighted by molar-refractivity contribution is -0.153. The minimum atomic E-state index is -4.43. The molecule has 0 unspecified atom stereocenters. The van der Waals surface area contributed by atoms with Crippen molar-refractivity contribution in [3.8, 4) is 11.5 Å². The third-order valence-electron chi connectivity index (χ3n) is 3.91. The van der Waals surface area contributed by atoms with Gasteiger partial charge in [0.05, 0.1) is 12.6 Å². The molecular weight excluding hydrogens is 341 g/mol. The van der Waals surface area contributed by atoms with Gasteiger partial charge in [0.2, 0.25) is 5.91 Å². The van der Waals surface area contributed by atoms with Gasteiger partial charge in [0, 0.05) is 19.8 Å². The smallest absolute Gasteiger partial charge is 0.422 e. The van der Waals surface area contributed by atoms with Gasteiger partial charge in [-0.2, -0.15) is 13.2 Å². The third kappa shape index (κ3) is 5.50. The summed E-state index contributed by atoms with van der Waals surface area (Å²) in [5, 5.41) is 2.74. The van der Waals surface area contributed by atoms with Crippen molar-refractivity contribution in [1.29, 1.82) is 0 Å². The van der Waals surface area contributed by atoms with Gasteiger partial charge < -0.3 is 25.3 Å². The Labute approximate surface area is 143 Å². The van der Waals surface area contributed by atoms with Crippen LogP contribution in [0.1, 0.15) is 18.4 Å². The quantitative estimate of drug-likeness (QED) is 0.806. The average molecular weight is 362 g/mol. The third-order valence-corrected chi connectivity index (χ3v) is 3.91. The molecule has 3 N–H and O–H groups in total. The number of carbonyl (C=O) groups excluding carboxylic acids is 1. The van der Waals surface area contributed by atoms with Crippen molar-refractivity contribution in [3.05, 3.63) is 23.8 Å². The highest BCUT2D eigenvalue weighted by molar-refractivity contribution is 5.86. The normalized spacial score (nSPS) is 17.0. The van der Waals surface area contributed by atoms with Crippen LogP contribution in [0.25, 0.3) is 0 Å². The van der Waals surface area contributed by atoms with Crippen molar-refractivity contribution in [1.82, 2.24) is 5.32 Å². The van der Waals surface area contributed by atoms with Crippen LogP contribution >= 0.6 is 0 Å². The molecule has 1 amide bonds. The van der Waals surface area contributed by atoms with Gasteiger partial charge in [0.25, 0.3) is 0 Å². The predicted octanol–water partition coefficient (Wildman–Crippen LogP) is 1.76. The number of nitrogens with two attached hydrogens (primary N) is 1. The van der Waals surface area contributed by atoms with Crippen LogP contribution in [0.5, 0.6) is 11.5 Å². The van der Waals surface area contributed by atoms with Crippen LogP contribution in [-0.4, -0.2) is 44.6 Å². The SMILES string of the molecule is COc1cc(CNC(=O)C2(N)CCOCC2)ccc1OCC(F)(F)F. The summed E-state index contributed by atoms with van der Waals surface area (Å²) in [4.78, 5) is 12.3. The van der Waals surface area contributed by atoms with E-state index in [4.69, 9.17) is 19.9 Å². The van der Waals surface area contributed by atoms with Gasteiger partial charge in [-0.1, -0.05) is 6.07 Å². The van der Waals surface area contributed by atoms with Crippen LogP contribution in [0.2, 0.25) is 0 Å². The van der Waals surface area contributed by atoms with E-state index in [-0.39, 0.29) is 24.0 Å². The molecule has 0 spiro atoms. The maximum Gasteiger partial charge on any atom is 0.422 e. The second kappa shape index (κ2) is 7.92. The van der Waals surface area contributed by atoms with Crippen LogP contribution in [-0.2, 0) is 16.1 Å². The molecule has 0 aliphatic carbocycles. The number of hydrogen-bond acceptors (Lipinski definition) is 5. The van der Waals surface area contributed by atoms with E-state index in [0.717, 1.165) is 0 Å². The first-order valence-electron chi connectivity index (χ1n) is 7.75. The summed E-state index contributed by atoms with van der Waals surface area (Å²) >= 11 is 0. The number of alkyl halides is 3. The van der Waals surface area contributed by atoms with Crippen LogP contribution < -0.4 is 20.5 Å². The Kier molecular flexibility index (Phi) is 6.12. The molecule has 1 aromatic rings. The Morgan fingerprint density at radius 3 is 2.60 bits per heavy atom. The minimum Gasteiger partial charge on any atom is -0.493 e. The topological polar surface area (TPSA) is 82.8 Å². The fraction of sp³-hybridized carbons (Fsp3) is 0.562. The van der Waals surface area contributed by atoms with Gasteiger partial charge in [-0.25, -0.2) is 0 Å². The molecule has 1 fully saturated rings. The Balaban J connectivity index is 1.97. The molecule has 1 aliphatic rings. The summed E-state index contributed by atoms with van der Waals surface area (Å²) in [7, 11) is 1.33. The number of amides is 1. The number of methoxy groups -OCH3 is 1. The van der Waals surface area contributed by atoms with Crippen LogP contribution in [0.15, 0.2) is 18.2 Å². The fourth-order valence-electron chi connectivity index (χ4n) is 2.42.